The molecule has 18 heavy (non-hydrogen) atoms. The first-order valence-electron chi connectivity index (χ1n) is 6.32. The predicted molar refractivity (Wildman–Crippen MR) is 74.3 cm³/mol. The van der Waals surface area contributed by atoms with Crippen molar-refractivity contribution < 1.29 is 9.84 Å². The smallest absolute Gasteiger partial charge is 0.0762 e. The van der Waals surface area contributed by atoms with Gasteiger partial charge >= 0.3 is 0 Å². The third-order valence-electron chi connectivity index (χ3n) is 3.67. The van der Waals surface area contributed by atoms with Crippen LogP contribution in [0.1, 0.15) is 31.9 Å². The number of rotatable bonds is 3. The summed E-state index contributed by atoms with van der Waals surface area (Å²) >= 11 is 6.30. The summed E-state index contributed by atoms with van der Waals surface area (Å²) in [7, 11) is 2.04. The number of anilines is 1. The number of likely N-dealkylation sites (N-methyl/N-ethyl adjacent to an activating group) is 1. The summed E-state index contributed by atoms with van der Waals surface area (Å²) in [5, 5.41) is 10.2. The van der Waals surface area contributed by atoms with Crippen LogP contribution in [0.15, 0.2) is 18.2 Å². The Hall–Kier alpha value is -0.770. The number of hydrogen-bond acceptors (Lipinski definition) is 3. The highest BCUT2D eigenvalue weighted by Crippen LogP contribution is 2.32. The van der Waals surface area contributed by atoms with E-state index in [0.717, 1.165) is 24.3 Å². The van der Waals surface area contributed by atoms with Gasteiger partial charge in [-0.1, -0.05) is 17.7 Å². The van der Waals surface area contributed by atoms with E-state index < -0.39 is 6.10 Å². The molecule has 0 bridgehead atoms. The van der Waals surface area contributed by atoms with Crippen LogP contribution in [0.5, 0.6) is 0 Å². The van der Waals surface area contributed by atoms with E-state index in [9.17, 15) is 5.11 Å². The maximum atomic E-state index is 9.54. The lowest BCUT2D eigenvalue weighted by molar-refractivity contribution is 0.118. The number of halogens is 1. The van der Waals surface area contributed by atoms with E-state index in [1.54, 1.807) is 6.92 Å². The Balaban J connectivity index is 2.22. The van der Waals surface area contributed by atoms with E-state index in [4.69, 9.17) is 16.3 Å². The molecule has 0 saturated carbocycles. The van der Waals surface area contributed by atoms with Crippen LogP contribution in [0.2, 0.25) is 5.02 Å². The molecule has 1 heterocycles. The molecule has 1 N–H and O–H groups in total. The summed E-state index contributed by atoms with van der Waals surface area (Å²) in [6.45, 7) is 4.63. The van der Waals surface area contributed by atoms with E-state index in [-0.39, 0.29) is 6.10 Å². The van der Waals surface area contributed by atoms with Gasteiger partial charge in [-0.25, -0.2) is 0 Å². The number of aliphatic hydroxyl groups excluding tert-OH is 1. The van der Waals surface area contributed by atoms with E-state index in [2.05, 4.69) is 11.8 Å². The molecule has 100 valence electrons. The van der Waals surface area contributed by atoms with Crippen molar-refractivity contribution in [1.29, 1.82) is 0 Å². The van der Waals surface area contributed by atoms with Gasteiger partial charge in [0.05, 0.1) is 29.0 Å². The molecular weight excluding hydrogens is 250 g/mol. The zero-order valence-electron chi connectivity index (χ0n) is 11.1. The van der Waals surface area contributed by atoms with Crippen LogP contribution in [-0.2, 0) is 4.74 Å². The minimum Gasteiger partial charge on any atom is -0.389 e. The lowest BCUT2D eigenvalue weighted by Crippen LogP contribution is -2.36. The molecule has 0 amide bonds. The summed E-state index contributed by atoms with van der Waals surface area (Å²) in [6, 6.07) is 6.08. The van der Waals surface area contributed by atoms with Crippen LogP contribution in [0.4, 0.5) is 5.69 Å². The first-order chi connectivity index (χ1) is 8.50. The normalized spacial score (nSPS) is 25.2. The first-order valence-corrected chi connectivity index (χ1v) is 6.70. The Bertz CT molecular complexity index is 422. The van der Waals surface area contributed by atoms with Crippen molar-refractivity contribution in [2.75, 3.05) is 18.6 Å². The summed E-state index contributed by atoms with van der Waals surface area (Å²) in [6.07, 6.45) is 0.754. The topological polar surface area (TPSA) is 32.7 Å². The van der Waals surface area contributed by atoms with Crippen LogP contribution < -0.4 is 4.90 Å². The number of ether oxygens (including phenoxy) is 1. The maximum absolute atomic E-state index is 9.54. The predicted octanol–water partition coefficient (Wildman–Crippen LogP) is 3.01. The Kier molecular flexibility index (Phi) is 4.15. The van der Waals surface area contributed by atoms with Crippen molar-refractivity contribution in [3.8, 4) is 0 Å². The third-order valence-corrected chi connectivity index (χ3v) is 3.97. The third kappa shape index (κ3) is 2.63. The molecule has 2 rings (SSSR count). The highest BCUT2D eigenvalue weighted by molar-refractivity contribution is 6.33. The van der Waals surface area contributed by atoms with Gasteiger partial charge < -0.3 is 14.7 Å². The molecule has 0 radical (unpaired) electrons. The lowest BCUT2D eigenvalue weighted by atomic mass is 10.1. The van der Waals surface area contributed by atoms with E-state index in [1.807, 2.05) is 25.2 Å². The monoisotopic (exact) mass is 269 g/mol. The Labute approximate surface area is 113 Å². The first kappa shape index (κ1) is 13.7. The summed E-state index contributed by atoms with van der Waals surface area (Å²) in [5.74, 6) is 0. The molecule has 1 aliphatic rings. The average Bonchev–Trinajstić information content (AvgIpc) is 2.74. The molecule has 4 heteroatoms. The second-order valence-electron chi connectivity index (χ2n) is 4.93. The van der Waals surface area contributed by atoms with Gasteiger partial charge in [0.2, 0.25) is 0 Å². The van der Waals surface area contributed by atoms with Crippen molar-refractivity contribution in [2.45, 2.75) is 38.5 Å². The number of hydrogen-bond donors (Lipinski definition) is 1. The Morgan fingerprint density at radius 3 is 2.72 bits per heavy atom. The van der Waals surface area contributed by atoms with Gasteiger partial charge in [0.15, 0.2) is 0 Å². The SMILES string of the molecule is CC1OCCC1N(C)c1ccc([C@@H](C)O)cc1Cl. The van der Waals surface area contributed by atoms with E-state index >= 15 is 0 Å². The summed E-state index contributed by atoms with van der Waals surface area (Å²) < 4.78 is 5.59. The van der Waals surface area contributed by atoms with Gasteiger partial charge in [0, 0.05) is 13.7 Å². The molecule has 1 saturated heterocycles. The number of nitrogens with zero attached hydrogens (tertiary/aromatic N) is 1. The van der Waals surface area contributed by atoms with Crippen molar-refractivity contribution in [3.63, 3.8) is 0 Å². The fraction of sp³-hybridized carbons (Fsp3) is 0.571. The highest BCUT2D eigenvalue weighted by atomic mass is 35.5. The van der Waals surface area contributed by atoms with Crippen LogP contribution in [-0.4, -0.2) is 30.9 Å². The fourth-order valence-electron chi connectivity index (χ4n) is 2.48. The minimum absolute atomic E-state index is 0.225. The van der Waals surface area contributed by atoms with Crippen LogP contribution in [0.3, 0.4) is 0 Å². The van der Waals surface area contributed by atoms with Gasteiger partial charge in [-0.05, 0) is 38.0 Å². The standard InChI is InChI=1S/C14H20ClNO2/c1-9(17)11-4-5-14(12(15)8-11)16(3)13-6-7-18-10(13)2/h4-5,8-10,13,17H,6-7H2,1-3H3/t9-,10?,13?/m1/s1. The Morgan fingerprint density at radius 1 is 1.50 bits per heavy atom. The van der Waals surface area contributed by atoms with Gasteiger partial charge in [0.25, 0.3) is 0 Å². The van der Waals surface area contributed by atoms with Gasteiger partial charge in [-0.3, -0.25) is 0 Å². The van der Waals surface area contributed by atoms with Crippen molar-refractivity contribution in [3.05, 3.63) is 28.8 Å². The zero-order chi connectivity index (χ0) is 13.3. The molecule has 1 aromatic carbocycles. The zero-order valence-corrected chi connectivity index (χ0v) is 11.8. The summed E-state index contributed by atoms with van der Waals surface area (Å²) in [4.78, 5) is 2.17. The Morgan fingerprint density at radius 2 is 2.22 bits per heavy atom. The molecule has 2 unspecified atom stereocenters. The maximum Gasteiger partial charge on any atom is 0.0762 e. The van der Waals surface area contributed by atoms with Gasteiger partial charge in [-0.2, -0.15) is 0 Å². The minimum atomic E-state index is -0.490. The van der Waals surface area contributed by atoms with Crippen LogP contribution in [0, 0.1) is 0 Å². The van der Waals surface area contributed by atoms with Gasteiger partial charge in [-0.15, -0.1) is 0 Å². The molecule has 3 atom stereocenters. The molecule has 1 aliphatic heterocycles. The number of benzene rings is 1. The molecule has 0 spiro atoms. The molecule has 1 fully saturated rings. The largest absolute Gasteiger partial charge is 0.389 e. The number of aliphatic hydroxyl groups is 1. The fourth-order valence-corrected chi connectivity index (χ4v) is 2.80. The van der Waals surface area contributed by atoms with E-state index in [0.29, 0.717) is 11.1 Å². The quantitative estimate of drug-likeness (QED) is 0.916. The summed E-state index contributed by atoms with van der Waals surface area (Å²) in [5.41, 5.74) is 1.83. The van der Waals surface area contributed by atoms with Crippen LogP contribution in [0.25, 0.3) is 0 Å². The van der Waals surface area contributed by atoms with E-state index in [1.165, 1.54) is 0 Å². The van der Waals surface area contributed by atoms with Crippen molar-refractivity contribution in [1.82, 2.24) is 0 Å². The molecule has 1 aromatic rings. The second kappa shape index (κ2) is 5.47. The second-order valence-corrected chi connectivity index (χ2v) is 5.34. The van der Waals surface area contributed by atoms with Gasteiger partial charge in [0.1, 0.15) is 0 Å². The molecule has 3 nitrogen and oxygen atoms in total. The van der Waals surface area contributed by atoms with Crippen LogP contribution >= 0.6 is 11.6 Å². The average molecular weight is 270 g/mol. The molecule has 0 aliphatic carbocycles. The molecular formula is C14H20ClNO2. The lowest BCUT2D eigenvalue weighted by Gasteiger charge is -2.29. The highest BCUT2D eigenvalue weighted by Gasteiger charge is 2.28. The molecule has 0 aromatic heterocycles. The van der Waals surface area contributed by atoms with Crippen molar-refractivity contribution >= 4 is 17.3 Å². The van der Waals surface area contributed by atoms with Crippen molar-refractivity contribution in [2.24, 2.45) is 0 Å².